The monoisotopic (exact) mass is 519 g/mol. The van der Waals surface area contributed by atoms with E-state index in [4.69, 9.17) is 9.15 Å². The highest BCUT2D eigenvalue weighted by Gasteiger charge is 2.44. The molecule has 6 heteroatoms. The number of rotatable bonds is 3. The van der Waals surface area contributed by atoms with E-state index in [0.717, 1.165) is 84.0 Å². The number of piperidine rings is 1. The molecule has 4 heterocycles. The average Bonchev–Trinajstić information content (AvgIpc) is 3.66. The lowest BCUT2D eigenvalue weighted by atomic mass is 9.74. The predicted molar refractivity (Wildman–Crippen MR) is 153 cm³/mol. The van der Waals surface area contributed by atoms with Crippen LogP contribution in [0.3, 0.4) is 0 Å². The molecule has 1 amide bonds. The smallest absolute Gasteiger partial charge is 0.258 e. The first-order chi connectivity index (χ1) is 18.9. The van der Waals surface area contributed by atoms with Crippen molar-refractivity contribution in [3.05, 3.63) is 88.8 Å². The van der Waals surface area contributed by atoms with E-state index in [1.54, 1.807) is 6.20 Å². The highest BCUT2D eigenvalue weighted by Crippen LogP contribution is 2.49. The Labute approximate surface area is 229 Å². The third-order valence-electron chi connectivity index (χ3n) is 8.88. The number of carbonyl (C=O) groups is 1. The van der Waals surface area contributed by atoms with Gasteiger partial charge in [0.1, 0.15) is 11.5 Å². The van der Waals surface area contributed by atoms with Crippen molar-refractivity contribution in [2.24, 2.45) is 0 Å². The number of fused-ring (bicyclic) bond motifs is 3. The number of ether oxygens (including phenoxy) is 1. The third-order valence-corrected chi connectivity index (χ3v) is 8.88. The SMILES string of the molecule is Cc1cnc(-c2ccc(-c3ccc(C(=O)N4CCc5cc6c(cc54)C4(CCN(C)CC4)CO6)cc3C)cc2)o1. The van der Waals surface area contributed by atoms with Crippen molar-refractivity contribution in [3.8, 4) is 28.3 Å². The van der Waals surface area contributed by atoms with Crippen LogP contribution in [-0.4, -0.2) is 49.1 Å². The maximum atomic E-state index is 13.8. The Morgan fingerprint density at radius 2 is 1.72 bits per heavy atom. The van der Waals surface area contributed by atoms with Crippen molar-refractivity contribution in [3.63, 3.8) is 0 Å². The molecule has 0 aliphatic carbocycles. The zero-order valence-corrected chi connectivity index (χ0v) is 22.8. The topological polar surface area (TPSA) is 58.8 Å². The lowest BCUT2D eigenvalue weighted by Crippen LogP contribution is -2.42. The molecule has 0 unspecified atom stereocenters. The Kier molecular flexibility index (Phi) is 5.63. The number of hydrogen-bond acceptors (Lipinski definition) is 5. The summed E-state index contributed by atoms with van der Waals surface area (Å²) in [4.78, 5) is 22.5. The molecule has 6 nitrogen and oxygen atoms in total. The first kappa shape index (κ1) is 24.2. The molecule has 3 aromatic carbocycles. The zero-order chi connectivity index (χ0) is 26.7. The Balaban J connectivity index is 1.14. The first-order valence-corrected chi connectivity index (χ1v) is 13.8. The molecule has 7 rings (SSSR count). The largest absolute Gasteiger partial charge is 0.492 e. The third kappa shape index (κ3) is 4.05. The summed E-state index contributed by atoms with van der Waals surface area (Å²) in [5, 5.41) is 0. The maximum Gasteiger partial charge on any atom is 0.258 e. The van der Waals surface area contributed by atoms with E-state index < -0.39 is 0 Å². The second-order valence-electron chi connectivity index (χ2n) is 11.4. The van der Waals surface area contributed by atoms with Gasteiger partial charge in [0.2, 0.25) is 5.89 Å². The minimum absolute atomic E-state index is 0.0642. The normalized spacial score (nSPS) is 17.8. The van der Waals surface area contributed by atoms with Gasteiger partial charge in [0, 0.05) is 34.3 Å². The van der Waals surface area contributed by atoms with E-state index in [0.29, 0.717) is 12.4 Å². The highest BCUT2D eigenvalue weighted by molar-refractivity contribution is 6.08. The first-order valence-electron chi connectivity index (χ1n) is 13.8. The molecule has 1 fully saturated rings. The quantitative estimate of drug-likeness (QED) is 0.323. The van der Waals surface area contributed by atoms with Crippen LogP contribution in [0.15, 0.2) is 65.2 Å². The number of likely N-dealkylation sites (tertiary alicyclic amines) is 1. The number of anilines is 1. The van der Waals surface area contributed by atoms with E-state index in [1.807, 2.05) is 36.1 Å². The van der Waals surface area contributed by atoms with Gasteiger partial charge >= 0.3 is 0 Å². The van der Waals surface area contributed by atoms with Crippen LogP contribution in [-0.2, 0) is 11.8 Å². The van der Waals surface area contributed by atoms with E-state index >= 15 is 0 Å². The fraction of sp³-hybridized carbons (Fsp3) is 0.333. The summed E-state index contributed by atoms with van der Waals surface area (Å²) in [6.07, 6.45) is 4.79. The standard InChI is InChI=1S/C33H33N3O3/c1-21-16-26(8-9-27(21)23-4-6-24(7-5-23)31-34-19-22(2)39-31)32(37)36-13-10-25-17-30-28(18-29(25)36)33(20-38-30)11-14-35(3)15-12-33/h4-9,16-19H,10-15,20H2,1-3H3. The molecule has 0 saturated carbocycles. The van der Waals surface area contributed by atoms with Crippen LogP contribution in [0.25, 0.3) is 22.6 Å². The summed E-state index contributed by atoms with van der Waals surface area (Å²) in [6, 6.07) is 18.7. The molecule has 198 valence electrons. The van der Waals surface area contributed by atoms with Crippen LogP contribution in [0.2, 0.25) is 0 Å². The number of hydrogen-bond donors (Lipinski definition) is 0. The van der Waals surface area contributed by atoms with Gasteiger partial charge in [-0.25, -0.2) is 4.98 Å². The van der Waals surface area contributed by atoms with Crippen molar-refractivity contribution in [2.45, 2.75) is 38.5 Å². The van der Waals surface area contributed by atoms with E-state index in [-0.39, 0.29) is 11.3 Å². The number of amides is 1. The van der Waals surface area contributed by atoms with Crippen LogP contribution in [0, 0.1) is 13.8 Å². The number of benzene rings is 3. The van der Waals surface area contributed by atoms with Gasteiger partial charge in [-0.15, -0.1) is 0 Å². The van der Waals surface area contributed by atoms with Crippen LogP contribution in [0.1, 0.15) is 45.7 Å². The van der Waals surface area contributed by atoms with Gasteiger partial charge in [-0.05, 0) is 112 Å². The molecule has 39 heavy (non-hydrogen) atoms. The maximum absolute atomic E-state index is 13.8. The summed E-state index contributed by atoms with van der Waals surface area (Å²) in [7, 11) is 2.19. The summed E-state index contributed by atoms with van der Waals surface area (Å²) in [5.74, 6) is 2.51. The lowest BCUT2D eigenvalue weighted by molar-refractivity contribution is 0.0989. The van der Waals surface area contributed by atoms with Crippen molar-refractivity contribution in [1.29, 1.82) is 0 Å². The molecule has 3 aliphatic heterocycles. The van der Waals surface area contributed by atoms with Crippen LogP contribution in [0.5, 0.6) is 5.75 Å². The number of oxazole rings is 1. The second kappa shape index (κ2) is 9.09. The lowest BCUT2D eigenvalue weighted by Gasteiger charge is -2.37. The van der Waals surface area contributed by atoms with Gasteiger partial charge in [-0.3, -0.25) is 4.79 Å². The summed E-state index contributed by atoms with van der Waals surface area (Å²) < 4.78 is 11.9. The number of aromatic nitrogens is 1. The van der Waals surface area contributed by atoms with Crippen molar-refractivity contribution >= 4 is 11.6 Å². The summed E-state index contributed by atoms with van der Waals surface area (Å²) in [5.41, 5.74) is 8.60. The van der Waals surface area contributed by atoms with Gasteiger partial charge < -0.3 is 19.0 Å². The Morgan fingerprint density at radius 3 is 2.44 bits per heavy atom. The van der Waals surface area contributed by atoms with Crippen LogP contribution in [0.4, 0.5) is 5.69 Å². The van der Waals surface area contributed by atoms with Gasteiger partial charge in [0.15, 0.2) is 0 Å². The number of aryl methyl sites for hydroxylation is 2. The van der Waals surface area contributed by atoms with Gasteiger partial charge in [0.25, 0.3) is 5.91 Å². The minimum Gasteiger partial charge on any atom is -0.492 e. The second-order valence-corrected chi connectivity index (χ2v) is 11.4. The fourth-order valence-corrected chi connectivity index (χ4v) is 6.47. The molecule has 1 saturated heterocycles. The molecular formula is C33H33N3O3. The van der Waals surface area contributed by atoms with Gasteiger partial charge in [-0.1, -0.05) is 18.2 Å². The summed E-state index contributed by atoms with van der Waals surface area (Å²) >= 11 is 0. The van der Waals surface area contributed by atoms with Crippen molar-refractivity contribution < 1.29 is 13.9 Å². The molecule has 0 N–H and O–H groups in total. The molecule has 1 aromatic heterocycles. The zero-order valence-electron chi connectivity index (χ0n) is 22.8. The van der Waals surface area contributed by atoms with E-state index in [1.165, 1.54) is 11.1 Å². The molecule has 0 radical (unpaired) electrons. The Bertz CT molecular complexity index is 1580. The summed E-state index contributed by atoms with van der Waals surface area (Å²) in [6.45, 7) is 7.59. The fourth-order valence-electron chi connectivity index (χ4n) is 6.47. The Morgan fingerprint density at radius 1 is 0.949 bits per heavy atom. The van der Waals surface area contributed by atoms with Crippen molar-refractivity contribution in [1.82, 2.24) is 9.88 Å². The molecule has 1 spiro atoms. The van der Waals surface area contributed by atoms with Gasteiger partial charge in [-0.2, -0.15) is 0 Å². The van der Waals surface area contributed by atoms with Gasteiger partial charge in [0.05, 0.1) is 12.8 Å². The molecule has 0 bridgehead atoms. The molecule has 4 aromatic rings. The van der Waals surface area contributed by atoms with Crippen molar-refractivity contribution in [2.75, 3.05) is 38.2 Å². The predicted octanol–water partition coefficient (Wildman–Crippen LogP) is 6.18. The Hall–Kier alpha value is -3.90. The van der Waals surface area contributed by atoms with E-state index in [2.05, 4.69) is 54.2 Å². The molecule has 0 atom stereocenters. The number of nitrogens with zero attached hydrogens (tertiary/aromatic N) is 3. The van der Waals surface area contributed by atoms with Crippen LogP contribution >= 0.6 is 0 Å². The van der Waals surface area contributed by atoms with Crippen LogP contribution < -0.4 is 9.64 Å². The molecular weight excluding hydrogens is 486 g/mol. The highest BCUT2D eigenvalue weighted by atomic mass is 16.5. The van der Waals surface area contributed by atoms with E-state index in [9.17, 15) is 4.79 Å². The minimum atomic E-state index is 0.0642. The average molecular weight is 520 g/mol. The number of carbonyl (C=O) groups excluding carboxylic acids is 1. The molecule has 3 aliphatic rings.